The second kappa shape index (κ2) is 3.71. The zero-order valence-electron chi connectivity index (χ0n) is 6.70. The third-order valence-corrected chi connectivity index (χ3v) is 1.29. The van der Waals surface area contributed by atoms with Crippen molar-refractivity contribution >= 4 is 17.7 Å². The van der Waals surface area contributed by atoms with Crippen LogP contribution in [0, 0.1) is 0 Å². The number of rotatable bonds is 2. The maximum Gasteiger partial charge on any atom is 0.151 e. The molecule has 3 nitrogen and oxygen atoms in total. The third-order valence-electron chi connectivity index (χ3n) is 1.29. The molecule has 1 aromatic rings. The average Bonchev–Trinajstić information content (AvgIpc) is 2.06. The van der Waals surface area contributed by atoms with Gasteiger partial charge in [-0.2, -0.15) is 0 Å². The van der Waals surface area contributed by atoms with E-state index in [0.29, 0.717) is 0 Å². The van der Waals surface area contributed by atoms with Gasteiger partial charge in [-0.1, -0.05) is 0 Å². The largest absolute Gasteiger partial charge is 0.371 e. The van der Waals surface area contributed by atoms with E-state index in [9.17, 15) is 0 Å². The van der Waals surface area contributed by atoms with E-state index in [4.69, 9.17) is 0 Å². The van der Waals surface area contributed by atoms with E-state index >= 15 is 0 Å². The SMILES string of the molecule is C/C=N\c1cccnc1NC. The first-order valence-electron chi connectivity index (χ1n) is 3.50. The lowest BCUT2D eigenvalue weighted by atomic mass is 10.4. The molecule has 0 aliphatic rings. The van der Waals surface area contributed by atoms with Gasteiger partial charge < -0.3 is 5.32 Å². The van der Waals surface area contributed by atoms with Crippen LogP contribution in [0.15, 0.2) is 23.3 Å². The average molecular weight is 149 g/mol. The van der Waals surface area contributed by atoms with Crippen LogP contribution in [0.4, 0.5) is 11.5 Å². The molecule has 0 amide bonds. The van der Waals surface area contributed by atoms with Crippen molar-refractivity contribution < 1.29 is 0 Å². The number of anilines is 1. The number of nitrogens with one attached hydrogen (secondary N) is 1. The van der Waals surface area contributed by atoms with Gasteiger partial charge in [-0.15, -0.1) is 0 Å². The Labute approximate surface area is 66.2 Å². The van der Waals surface area contributed by atoms with Gasteiger partial charge in [-0.25, -0.2) is 4.98 Å². The summed E-state index contributed by atoms with van der Waals surface area (Å²) in [4.78, 5) is 8.22. The first-order valence-corrected chi connectivity index (χ1v) is 3.50. The molecule has 0 aromatic carbocycles. The van der Waals surface area contributed by atoms with E-state index in [-0.39, 0.29) is 0 Å². The molecular weight excluding hydrogens is 138 g/mol. The molecule has 0 fully saturated rings. The molecule has 1 rings (SSSR count). The van der Waals surface area contributed by atoms with E-state index in [1.54, 1.807) is 12.4 Å². The van der Waals surface area contributed by atoms with Crippen molar-refractivity contribution in [2.24, 2.45) is 4.99 Å². The highest BCUT2D eigenvalue weighted by molar-refractivity contribution is 5.68. The number of pyridine rings is 1. The van der Waals surface area contributed by atoms with Crippen LogP contribution in [0.5, 0.6) is 0 Å². The van der Waals surface area contributed by atoms with Gasteiger partial charge in [-0.3, -0.25) is 4.99 Å². The van der Waals surface area contributed by atoms with Gasteiger partial charge in [-0.05, 0) is 19.1 Å². The first kappa shape index (κ1) is 7.72. The molecule has 0 aliphatic heterocycles. The minimum Gasteiger partial charge on any atom is -0.371 e. The van der Waals surface area contributed by atoms with Gasteiger partial charge in [0.15, 0.2) is 5.82 Å². The number of aliphatic imine (C=N–C) groups is 1. The van der Waals surface area contributed by atoms with Gasteiger partial charge in [0, 0.05) is 19.5 Å². The molecule has 0 saturated carbocycles. The molecule has 0 radical (unpaired) electrons. The van der Waals surface area contributed by atoms with Crippen molar-refractivity contribution in [3.8, 4) is 0 Å². The van der Waals surface area contributed by atoms with Gasteiger partial charge >= 0.3 is 0 Å². The molecule has 0 bridgehead atoms. The molecule has 0 spiro atoms. The van der Waals surface area contributed by atoms with Crippen LogP contribution >= 0.6 is 0 Å². The van der Waals surface area contributed by atoms with Gasteiger partial charge in [0.25, 0.3) is 0 Å². The van der Waals surface area contributed by atoms with E-state index in [2.05, 4.69) is 15.3 Å². The highest BCUT2D eigenvalue weighted by Crippen LogP contribution is 2.19. The van der Waals surface area contributed by atoms with Gasteiger partial charge in [0.05, 0.1) is 0 Å². The monoisotopic (exact) mass is 149 g/mol. The quantitative estimate of drug-likeness (QED) is 0.651. The fraction of sp³-hybridized carbons (Fsp3) is 0.250. The highest BCUT2D eigenvalue weighted by atomic mass is 15.0. The predicted molar refractivity (Wildman–Crippen MR) is 47.6 cm³/mol. The van der Waals surface area contributed by atoms with Crippen LogP contribution in [0.25, 0.3) is 0 Å². The number of nitrogens with zero attached hydrogens (tertiary/aromatic N) is 2. The molecule has 1 aromatic heterocycles. The molecule has 58 valence electrons. The maximum absolute atomic E-state index is 4.13. The maximum atomic E-state index is 4.13. The Hall–Kier alpha value is -1.38. The van der Waals surface area contributed by atoms with Crippen molar-refractivity contribution in [1.82, 2.24) is 4.98 Å². The summed E-state index contributed by atoms with van der Waals surface area (Å²) in [5, 5.41) is 2.96. The summed E-state index contributed by atoms with van der Waals surface area (Å²) >= 11 is 0. The minimum absolute atomic E-state index is 0.811. The molecule has 11 heavy (non-hydrogen) atoms. The summed E-state index contributed by atoms with van der Waals surface area (Å²) < 4.78 is 0. The van der Waals surface area contributed by atoms with Crippen LogP contribution < -0.4 is 5.32 Å². The van der Waals surface area contributed by atoms with Crippen molar-refractivity contribution in [3.05, 3.63) is 18.3 Å². The predicted octanol–water partition coefficient (Wildman–Crippen LogP) is 1.85. The molecule has 1 heterocycles. The zero-order valence-corrected chi connectivity index (χ0v) is 6.70. The molecule has 0 aliphatic carbocycles. The Morgan fingerprint density at radius 1 is 1.64 bits per heavy atom. The third kappa shape index (κ3) is 1.77. The van der Waals surface area contributed by atoms with E-state index in [1.807, 2.05) is 26.1 Å². The summed E-state index contributed by atoms with van der Waals surface area (Å²) in [5.41, 5.74) is 0.873. The summed E-state index contributed by atoms with van der Waals surface area (Å²) in [6, 6.07) is 3.78. The summed E-state index contributed by atoms with van der Waals surface area (Å²) in [6.45, 7) is 1.88. The second-order valence-corrected chi connectivity index (χ2v) is 2.01. The Bertz CT molecular complexity index is 255. The topological polar surface area (TPSA) is 37.3 Å². The first-order chi connectivity index (χ1) is 5.38. The molecule has 0 unspecified atom stereocenters. The van der Waals surface area contributed by atoms with Gasteiger partial charge in [0.2, 0.25) is 0 Å². The van der Waals surface area contributed by atoms with Crippen LogP contribution in [-0.4, -0.2) is 18.2 Å². The van der Waals surface area contributed by atoms with Crippen LogP contribution in [0.2, 0.25) is 0 Å². The number of hydrogen-bond donors (Lipinski definition) is 1. The fourth-order valence-corrected chi connectivity index (χ4v) is 0.833. The second-order valence-electron chi connectivity index (χ2n) is 2.01. The normalized spacial score (nSPS) is 10.4. The molecular formula is C8H11N3. The number of hydrogen-bond acceptors (Lipinski definition) is 3. The van der Waals surface area contributed by atoms with Crippen LogP contribution in [0.1, 0.15) is 6.92 Å². The zero-order chi connectivity index (χ0) is 8.10. The lowest BCUT2D eigenvalue weighted by Gasteiger charge is -2.00. The van der Waals surface area contributed by atoms with Crippen molar-refractivity contribution in [2.45, 2.75) is 6.92 Å². The van der Waals surface area contributed by atoms with Crippen molar-refractivity contribution in [1.29, 1.82) is 0 Å². The lowest BCUT2D eigenvalue weighted by molar-refractivity contribution is 1.27. The summed E-state index contributed by atoms with van der Waals surface area (Å²) in [6.07, 6.45) is 3.48. The standard InChI is InChI=1S/C8H11N3/c1-3-10-7-5-4-6-11-8(7)9-2/h3-6H,1-2H3,(H,9,11)/b10-3-. The summed E-state index contributed by atoms with van der Waals surface area (Å²) in [5.74, 6) is 0.811. The van der Waals surface area contributed by atoms with E-state index < -0.39 is 0 Å². The minimum atomic E-state index is 0.811. The van der Waals surface area contributed by atoms with E-state index in [0.717, 1.165) is 11.5 Å². The van der Waals surface area contributed by atoms with Crippen molar-refractivity contribution in [2.75, 3.05) is 12.4 Å². The highest BCUT2D eigenvalue weighted by Gasteiger charge is 1.95. The van der Waals surface area contributed by atoms with E-state index in [1.165, 1.54) is 0 Å². The molecule has 3 heteroatoms. The molecule has 1 N–H and O–H groups in total. The van der Waals surface area contributed by atoms with Crippen LogP contribution in [-0.2, 0) is 0 Å². The Balaban J connectivity index is 3.02. The Morgan fingerprint density at radius 2 is 2.45 bits per heavy atom. The fourth-order valence-electron chi connectivity index (χ4n) is 0.833. The Morgan fingerprint density at radius 3 is 3.09 bits per heavy atom. The molecule has 0 saturated heterocycles. The van der Waals surface area contributed by atoms with Crippen molar-refractivity contribution in [3.63, 3.8) is 0 Å². The number of aromatic nitrogens is 1. The lowest BCUT2D eigenvalue weighted by Crippen LogP contribution is -1.90. The smallest absolute Gasteiger partial charge is 0.151 e. The van der Waals surface area contributed by atoms with Gasteiger partial charge in [0.1, 0.15) is 5.69 Å². The Kier molecular flexibility index (Phi) is 2.60. The summed E-state index contributed by atoms with van der Waals surface area (Å²) in [7, 11) is 1.83. The van der Waals surface area contributed by atoms with Crippen LogP contribution in [0.3, 0.4) is 0 Å². The molecule has 0 atom stereocenters.